The second-order valence-corrected chi connectivity index (χ2v) is 8.25. The van der Waals surface area contributed by atoms with E-state index in [1.807, 2.05) is 12.4 Å². The second-order valence-electron chi connectivity index (χ2n) is 8.25. The highest BCUT2D eigenvalue weighted by atomic mass is 16.2. The van der Waals surface area contributed by atoms with E-state index in [4.69, 9.17) is 0 Å². The highest BCUT2D eigenvalue weighted by molar-refractivity contribution is 5.74. The summed E-state index contributed by atoms with van der Waals surface area (Å²) >= 11 is 0. The van der Waals surface area contributed by atoms with Crippen molar-refractivity contribution < 1.29 is 4.79 Å². The number of hydrogen-bond acceptors (Lipinski definition) is 3. The Labute approximate surface area is 157 Å². The molecule has 1 aromatic heterocycles. The van der Waals surface area contributed by atoms with Crippen LogP contribution in [0.3, 0.4) is 0 Å². The molecule has 5 heteroatoms. The van der Waals surface area contributed by atoms with Crippen LogP contribution in [0.2, 0.25) is 0 Å². The summed E-state index contributed by atoms with van der Waals surface area (Å²) in [4.78, 5) is 19.0. The lowest BCUT2D eigenvalue weighted by Gasteiger charge is -2.36. The maximum absolute atomic E-state index is 12.4. The fourth-order valence-electron chi connectivity index (χ4n) is 4.48. The van der Waals surface area contributed by atoms with Gasteiger partial charge in [-0.2, -0.15) is 0 Å². The molecule has 0 spiro atoms. The van der Waals surface area contributed by atoms with Crippen LogP contribution in [-0.2, 0) is 6.42 Å². The molecule has 1 aliphatic carbocycles. The number of likely N-dealkylation sites (tertiary alicyclic amines) is 1. The van der Waals surface area contributed by atoms with E-state index in [0.717, 1.165) is 38.9 Å². The molecular weight excluding hydrogens is 324 g/mol. The van der Waals surface area contributed by atoms with Crippen molar-refractivity contribution >= 4 is 6.03 Å². The van der Waals surface area contributed by atoms with Crippen molar-refractivity contribution in [2.24, 2.45) is 11.8 Å². The van der Waals surface area contributed by atoms with Gasteiger partial charge in [0.2, 0.25) is 0 Å². The molecule has 2 aliphatic rings. The zero-order chi connectivity index (χ0) is 18.4. The Morgan fingerprint density at radius 2 is 1.73 bits per heavy atom. The SMILES string of the molecule is CC1CCCC(C)C1NC(=O)NC1CCN(CCc2ccncc2)CC1. The number of amides is 2. The van der Waals surface area contributed by atoms with Gasteiger partial charge in [-0.25, -0.2) is 4.79 Å². The molecular formula is C21H34N4O. The number of pyridine rings is 1. The molecule has 26 heavy (non-hydrogen) atoms. The fourth-order valence-corrected chi connectivity index (χ4v) is 4.48. The van der Waals surface area contributed by atoms with Gasteiger partial charge >= 0.3 is 6.03 Å². The average molecular weight is 359 g/mol. The number of nitrogens with one attached hydrogen (secondary N) is 2. The Morgan fingerprint density at radius 3 is 2.38 bits per heavy atom. The van der Waals surface area contributed by atoms with Crippen LogP contribution in [-0.4, -0.2) is 47.6 Å². The lowest BCUT2D eigenvalue weighted by molar-refractivity contribution is 0.177. The monoisotopic (exact) mass is 358 g/mol. The first-order valence-electron chi connectivity index (χ1n) is 10.3. The van der Waals surface area contributed by atoms with Gasteiger partial charge < -0.3 is 15.5 Å². The van der Waals surface area contributed by atoms with E-state index >= 15 is 0 Å². The molecule has 144 valence electrons. The molecule has 2 atom stereocenters. The van der Waals surface area contributed by atoms with Crippen molar-refractivity contribution in [1.82, 2.24) is 20.5 Å². The molecule has 2 N–H and O–H groups in total. The molecule has 2 amide bonds. The Morgan fingerprint density at radius 1 is 1.08 bits per heavy atom. The van der Waals surface area contributed by atoms with Gasteiger partial charge in [-0.1, -0.05) is 20.3 Å². The third kappa shape index (κ3) is 5.44. The summed E-state index contributed by atoms with van der Waals surface area (Å²) in [7, 11) is 0. The fraction of sp³-hybridized carbons (Fsp3) is 0.714. The number of urea groups is 1. The maximum atomic E-state index is 12.4. The topological polar surface area (TPSA) is 57.3 Å². The summed E-state index contributed by atoms with van der Waals surface area (Å²) < 4.78 is 0. The minimum Gasteiger partial charge on any atom is -0.335 e. The van der Waals surface area contributed by atoms with Crippen LogP contribution in [0.4, 0.5) is 4.79 Å². The summed E-state index contributed by atoms with van der Waals surface area (Å²) in [6.07, 6.45) is 10.6. The van der Waals surface area contributed by atoms with Crippen molar-refractivity contribution in [1.29, 1.82) is 0 Å². The maximum Gasteiger partial charge on any atom is 0.315 e. The normalized spacial score (nSPS) is 27.8. The van der Waals surface area contributed by atoms with E-state index in [0.29, 0.717) is 23.9 Å². The van der Waals surface area contributed by atoms with E-state index in [-0.39, 0.29) is 6.03 Å². The molecule has 2 unspecified atom stereocenters. The molecule has 1 aromatic rings. The number of nitrogens with zero attached hydrogens (tertiary/aromatic N) is 2. The van der Waals surface area contributed by atoms with E-state index in [9.17, 15) is 4.79 Å². The molecule has 0 bridgehead atoms. The predicted octanol–water partition coefficient (Wildman–Crippen LogP) is 3.21. The molecule has 0 aromatic carbocycles. The molecule has 1 saturated carbocycles. The number of rotatable bonds is 5. The van der Waals surface area contributed by atoms with Gasteiger partial charge in [-0.05, 0) is 61.6 Å². The van der Waals surface area contributed by atoms with Gasteiger partial charge in [0.25, 0.3) is 0 Å². The lowest BCUT2D eigenvalue weighted by atomic mass is 9.79. The number of piperidine rings is 1. The largest absolute Gasteiger partial charge is 0.335 e. The van der Waals surface area contributed by atoms with Crippen LogP contribution in [0, 0.1) is 11.8 Å². The first-order chi connectivity index (χ1) is 12.6. The van der Waals surface area contributed by atoms with Crippen molar-refractivity contribution in [3.8, 4) is 0 Å². The Hall–Kier alpha value is -1.62. The number of hydrogen-bond donors (Lipinski definition) is 2. The van der Waals surface area contributed by atoms with E-state index in [1.54, 1.807) is 0 Å². The van der Waals surface area contributed by atoms with Gasteiger partial charge in [0.15, 0.2) is 0 Å². The molecule has 0 radical (unpaired) electrons. The summed E-state index contributed by atoms with van der Waals surface area (Å²) in [5.74, 6) is 1.17. The van der Waals surface area contributed by atoms with Crippen molar-refractivity contribution in [2.75, 3.05) is 19.6 Å². The predicted molar refractivity (Wildman–Crippen MR) is 105 cm³/mol. The van der Waals surface area contributed by atoms with Gasteiger partial charge in [0.05, 0.1) is 0 Å². The van der Waals surface area contributed by atoms with Crippen LogP contribution < -0.4 is 10.6 Å². The van der Waals surface area contributed by atoms with Crippen LogP contribution in [0.1, 0.15) is 51.5 Å². The Balaban J connectivity index is 1.36. The Bertz CT molecular complexity index is 546. The molecule has 1 saturated heterocycles. The summed E-state index contributed by atoms with van der Waals surface area (Å²) in [5, 5.41) is 6.47. The number of carbonyl (C=O) groups excluding carboxylic acids is 1. The Kier molecular flexibility index (Phi) is 6.89. The van der Waals surface area contributed by atoms with E-state index in [2.05, 4.69) is 46.5 Å². The molecule has 2 heterocycles. The third-order valence-corrected chi connectivity index (χ3v) is 6.23. The second kappa shape index (κ2) is 9.36. The zero-order valence-electron chi connectivity index (χ0n) is 16.3. The van der Waals surface area contributed by atoms with Gasteiger partial charge in [-0.3, -0.25) is 4.98 Å². The first kappa shape index (κ1) is 19.2. The first-order valence-corrected chi connectivity index (χ1v) is 10.3. The van der Waals surface area contributed by atoms with Crippen LogP contribution >= 0.6 is 0 Å². The smallest absolute Gasteiger partial charge is 0.315 e. The average Bonchev–Trinajstić information content (AvgIpc) is 2.65. The third-order valence-electron chi connectivity index (χ3n) is 6.23. The molecule has 5 nitrogen and oxygen atoms in total. The minimum atomic E-state index is 0.0332. The molecule has 2 fully saturated rings. The van der Waals surface area contributed by atoms with Crippen molar-refractivity contribution in [3.63, 3.8) is 0 Å². The molecule has 1 aliphatic heterocycles. The summed E-state index contributed by atoms with van der Waals surface area (Å²) in [6.45, 7) is 7.74. The van der Waals surface area contributed by atoms with E-state index < -0.39 is 0 Å². The lowest BCUT2D eigenvalue weighted by Crippen LogP contribution is -2.53. The minimum absolute atomic E-state index is 0.0332. The van der Waals surface area contributed by atoms with Crippen molar-refractivity contribution in [3.05, 3.63) is 30.1 Å². The van der Waals surface area contributed by atoms with Gasteiger partial charge in [0.1, 0.15) is 0 Å². The zero-order valence-corrected chi connectivity index (χ0v) is 16.3. The summed E-state index contributed by atoms with van der Waals surface area (Å²) in [5.41, 5.74) is 1.34. The highest BCUT2D eigenvalue weighted by Crippen LogP contribution is 2.28. The quantitative estimate of drug-likeness (QED) is 0.850. The van der Waals surface area contributed by atoms with Crippen LogP contribution in [0.15, 0.2) is 24.5 Å². The number of carbonyl (C=O) groups is 1. The standard InChI is InChI=1S/C21H34N4O/c1-16-4-3-5-17(2)20(16)24-21(26)23-19-9-14-25(15-10-19)13-8-18-6-11-22-12-7-18/h6-7,11-12,16-17,19-20H,3-5,8-10,13-15H2,1-2H3,(H2,23,24,26). The highest BCUT2D eigenvalue weighted by Gasteiger charge is 2.29. The van der Waals surface area contributed by atoms with Crippen LogP contribution in [0.5, 0.6) is 0 Å². The van der Waals surface area contributed by atoms with Crippen molar-refractivity contribution in [2.45, 2.75) is 64.5 Å². The van der Waals surface area contributed by atoms with E-state index in [1.165, 1.54) is 24.8 Å². The van der Waals surface area contributed by atoms with Gasteiger partial charge in [-0.15, -0.1) is 0 Å². The van der Waals surface area contributed by atoms with Crippen LogP contribution in [0.25, 0.3) is 0 Å². The van der Waals surface area contributed by atoms with Gasteiger partial charge in [0, 0.05) is 44.1 Å². The molecule has 3 rings (SSSR count). The number of aromatic nitrogens is 1. The summed E-state index contributed by atoms with van der Waals surface area (Å²) in [6, 6.07) is 4.84.